The molecule has 1 saturated heterocycles. The number of likely N-dealkylation sites (N-methyl/N-ethyl adjacent to an activating group) is 1. The molecule has 0 aliphatic carbocycles. The minimum Gasteiger partial charge on any atom is -0.467 e. The van der Waals surface area contributed by atoms with Crippen LogP contribution in [0.25, 0.3) is 0 Å². The molecule has 0 atom stereocenters. The fourth-order valence-corrected chi connectivity index (χ4v) is 2.50. The SMILES string of the molecule is CCN1CCCN(Cc2cc(Br)co2)CC1. The summed E-state index contributed by atoms with van der Waals surface area (Å²) in [5, 5.41) is 0. The van der Waals surface area contributed by atoms with E-state index in [2.05, 4.69) is 38.7 Å². The molecule has 2 heterocycles. The number of hydrogen-bond acceptors (Lipinski definition) is 3. The van der Waals surface area contributed by atoms with Crippen molar-refractivity contribution >= 4 is 15.9 Å². The van der Waals surface area contributed by atoms with E-state index in [-0.39, 0.29) is 0 Å². The van der Waals surface area contributed by atoms with Crippen molar-refractivity contribution in [1.82, 2.24) is 9.80 Å². The fourth-order valence-electron chi connectivity index (χ4n) is 2.16. The molecule has 0 amide bonds. The van der Waals surface area contributed by atoms with Gasteiger partial charge in [0, 0.05) is 13.1 Å². The van der Waals surface area contributed by atoms with E-state index in [4.69, 9.17) is 4.42 Å². The molecule has 16 heavy (non-hydrogen) atoms. The van der Waals surface area contributed by atoms with Crippen LogP contribution >= 0.6 is 15.9 Å². The molecule has 1 aliphatic heterocycles. The van der Waals surface area contributed by atoms with Crippen molar-refractivity contribution in [3.8, 4) is 0 Å². The maximum atomic E-state index is 5.46. The van der Waals surface area contributed by atoms with Crippen LogP contribution in [0.4, 0.5) is 0 Å². The normalized spacial score (nSPS) is 19.9. The summed E-state index contributed by atoms with van der Waals surface area (Å²) >= 11 is 3.41. The number of hydrogen-bond donors (Lipinski definition) is 0. The molecule has 0 unspecified atom stereocenters. The Kier molecular flexibility index (Phi) is 4.44. The zero-order chi connectivity index (χ0) is 11.4. The van der Waals surface area contributed by atoms with E-state index in [0.29, 0.717) is 0 Å². The van der Waals surface area contributed by atoms with Gasteiger partial charge >= 0.3 is 0 Å². The Morgan fingerprint density at radius 3 is 2.69 bits per heavy atom. The molecule has 1 aliphatic rings. The van der Waals surface area contributed by atoms with Crippen molar-refractivity contribution < 1.29 is 4.42 Å². The summed E-state index contributed by atoms with van der Waals surface area (Å²) in [6.45, 7) is 9.07. The van der Waals surface area contributed by atoms with Gasteiger partial charge in [0.15, 0.2) is 0 Å². The van der Waals surface area contributed by atoms with Gasteiger partial charge in [-0.3, -0.25) is 4.90 Å². The zero-order valence-electron chi connectivity index (χ0n) is 9.79. The standard InChI is InChI=1S/C12H19BrN2O/c1-2-14-4-3-5-15(7-6-14)9-12-8-11(13)10-16-12/h8,10H,2-7,9H2,1H3. The van der Waals surface area contributed by atoms with Crippen molar-refractivity contribution in [3.05, 3.63) is 22.6 Å². The second-order valence-corrected chi connectivity index (χ2v) is 5.21. The molecule has 0 bridgehead atoms. The van der Waals surface area contributed by atoms with Gasteiger partial charge in [0.2, 0.25) is 0 Å². The van der Waals surface area contributed by atoms with Crippen molar-refractivity contribution in [1.29, 1.82) is 0 Å². The fraction of sp³-hybridized carbons (Fsp3) is 0.667. The smallest absolute Gasteiger partial charge is 0.118 e. The van der Waals surface area contributed by atoms with E-state index < -0.39 is 0 Å². The highest BCUT2D eigenvalue weighted by atomic mass is 79.9. The summed E-state index contributed by atoms with van der Waals surface area (Å²) in [6.07, 6.45) is 3.02. The second kappa shape index (κ2) is 5.84. The highest BCUT2D eigenvalue weighted by Crippen LogP contribution is 2.16. The average molecular weight is 287 g/mol. The monoisotopic (exact) mass is 286 g/mol. The largest absolute Gasteiger partial charge is 0.467 e. The van der Waals surface area contributed by atoms with Crippen LogP contribution in [0, 0.1) is 0 Å². The molecule has 0 saturated carbocycles. The first-order valence-electron chi connectivity index (χ1n) is 5.95. The van der Waals surface area contributed by atoms with E-state index in [0.717, 1.165) is 23.3 Å². The average Bonchev–Trinajstić information content (AvgIpc) is 2.55. The molecule has 1 aromatic heterocycles. The molecule has 4 heteroatoms. The molecule has 3 nitrogen and oxygen atoms in total. The number of rotatable bonds is 3. The van der Waals surface area contributed by atoms with Gasteiger partial charge < -0.3 is 9.32 Å². The number of halogens is 1. The lowest BCUT2D eigenvalue weighted by molar-refractivity contribution is 0.241. The van der Waals surface area contributed by atoms with E-state index in [9.17, 15) is 0 Å². The van der Waals surface area contributed by atoms with E-state index in [1.807, 2.05) is 0 Å². The summed E-state index contributed by atoms with van der Waals surface area (Å²) < 4.78 is 6.49. The molecule has 90 valence electrons. The second-order valence-electron chi connectivity index (χ2n) is 4.30. The Bertz CT molecular complexity index is 327. The maximum absolute atomic E-state index is 5.46. The summed E-state index contributed by atoms with van der Waals surface area (Å²) in [4.78, 5) is 4.99. The first kappa shape index (κ1) is 12.1. The van der Waals surface area contributed by atoms with Crippen LogP contribution in [0.1, 0.15) is 19.1 Å². The summed E-state index contributed by atoms with van der Waals surface area (Å²) in [7, 11) is 0. The molecule has 0 N–H and O–H groups in total. The molecule has 1 fully saturated rings. The van der Waals surface area contributed by atoms with Crippen molar-refractivity contribution in [2.24, 2.45) is 0 Å². The van der Waals surface area contributed by atoms with Gasteiger partial charge in [-0.05, 0) is 48.1 Å². The zero-order valence-corrected chi connectivity index (χ0v) is 11.4. The van der Waals surface area contributed by atoms with Gasteiger partial charge in [0.1, 0.15) is 12.0 Å². The predicted octanol–water partition coefficient (Wildman–Crippen LogP) is 2.57. The van der Waals surface area contributed by atoms with Gasteiger partial charge in [-0.15, -0.1) is 0 Å². The van der Waals surface area contributed by atoms with Crippen LogP contribution in [0.15, 0.2) is 21.2 Å². The Labute approximate surface area is 106 Å². The molecule has 1 aromatic rings. The van der Waals surface area contributed by atoms with Crippen molar-refractivity contribution in [3.63, 3.8) is 0 Å². The first-order valence-corrected chi connectivity index (χ1v) is 6.75. The highest BCUT2D eigenvalue weighted by molar-refractivity contribution is 9.10. The van der Waals surface area contributed by atoms with E-state index in [1.165, 1.54) is 32.6 Å². The van der Waals surface area contributed by atoms with Crippen molar-refractivity contribution in [2.75, 3.05) is 32.7 Å². The maximum Gasteiger partial charge on any atom is 0.118 e. The van der Waals surface area contributed by atoms with Crippen LogP contribution in [0.2, 0.25) is 0 Å². The summed E-state index contributed by atoms with van der Waals surface area (Å²) in [5.74, 6) is 1.05. The van der Waals surface area contributed by atoms with Gasteiger partial charge in [-0.2, -0.15) is 0 Å². The molecule has 0 aromatic carbocycles. The van der Waals surface area contributed by atoms with Gasteiger partial charge in [-0.25, -0.2) is 0 Å². The Morgan fingerprint density at radius 1 is 1.25 bits per heavy atom. The Balaban J connectivity index is 1.86. The van der Waals surface area contributed by atoms with Crippen LogP contribution in [-0.4, -0.2) is 42.5 Å². The third-order valence-corrected chi connectivity index (χ3v) is 3.55. The van der Waals surface area contributed by atoms with Gasteiger partial charge in [0.05, 0.1) is 11.0 Å². The summed E-state index contributed by atoms with van der Waals surface area (Å²) in [5.41, 5.74) is 0. The quantitative estimate of drug-likeness (QED) is 0.852. The van der Waals surface area contributed by atoms with Crippen LogP contribution in [0.3, 0.4) is 0 Å². The van der Waals surface area contributed by atoms with Gasteiger partial charge in [0.25, 0.3) is 0 Å². The lowest BCUT2D eigenvalue weighted by Crippen LogP contribution is -2.30. The Morgan fingerprint density at radius 2 is 2.00 bits per heavy atom. The predicted molar refractivity (Wildman–Crippen MR) is 68.4 cm³/mol. The number of furan rings is 1. The van der Waals surface area contributed by atoms with Crippen molar-refractivity contribution in [2.45, 2.75) is 19.9 Å². The third kappa shape index (κ3) is 3.34. The molecule has 0 radical (unpaired) electrons. The van der Waals surface area contributed by atoms with Crippen LogP contribution in [-0.2, 0) is 6.54 Å². The minimum atomic E-state index is 0.934. The van der Waals surface area contributed by atoms with Crippen LogP contribution in [0.5, 0.6) is 0 Å². The van der Waals surface area contributed by atoms with E-state index in [1.54, 1.807) is 6.26 Å². The summed E-state index contributed by atoms with van der Waals surface area (Å²) in [6, 6.07) is 2.06. The highest BCUT2D eigenvalue weighted by Gasteiger charge is 2.14. The lowest BCUT2D eigenvalue weighted by atomic mass is 10.3. The van der Waals surface area contributed by atoms with Gasteiger partial charge in [-0.1, -0.05) is 6.92 Å². The minimum absolute atomic E-state index is 0.934. The topological polar surface area (TPSA) is 19.6 Å². The van der Waals surface area contributed by atoms with Crippen LogP contribution < -0.4 is 0 Å². The molecule has 2 rings (SSSR count). The number of nitrogens with zero attached hydrogens (tertiary/aromatic N) is 2. The third-order valence-electron chi connectivity index (χ3n) is 3.13. The first-order chi connectivity index (χ1) is 7.78. The molecular weight excluding hydrogens is 268 g/mol. The lowest BCUT2D eigenvalue weighted by Gasteiger charge is -2.19. The molecule has 0 spiro atoms. The molecular formula is C12H19BrN2O. The van der Waals surface area contributed by atoms with E-state index >= 15 is 0 Å². The Hall–Kier alpha value is -0.320.